The van der Waals surface area contributed by atoms with Crippen LogP contribution in [0.3, 0.4) is 0 Å². The minimum absolute atomic E-state index is 0. The molecule has 1 aliphatic rings. The van der Waals surface area contributed by atoms with Gasteiger partial charge in [0.05, 0.1) is 0 Å². The molecule has 1 radical (unpaired) electrons. The maximum Gasteiger partial charge on any atom is 0 e. The number of fused-ring (bicyclic) bond motifs is 3. The van der Waals surface area contributed by atoms with Gasteiger partial charge in [0, 0.05) is 32.7 Å². The molecule has 2 aromatic rings. The van der Waals surface area contributed by atoms with E-state index in [1.54, 1.807) is 0 Å². The molecule has 0 fully saturated rings. The van der Waals surface area contributed by atoms with E-state index < -0.39 is 0 Å². The first-order valence-corrected chi connectivity index (χ1v) is 4.45. The quantitative estimate of drug-likeness (QED) is 0.540. The van der Waals surface area contributed by atoms with Gasteiger partial charge in [-0.2, -0.15) is 47.5 Å². The van der Waals surface area contributed by atoms with Crippen molar-refractivity contribution in [3.05, 3.63) is 59.7 Å². The van der Waals surface area contributed by atoms with Gasteiger partial charge in [0.15, 0.2) is 0 Å². The summed E-state index contributed by atoms with van der Waals surface area (Å²) in [7, 11) is 0. The molecule has 0 saturated heterocycles. The normalized spacial score (nSPS) is 11.4. The molecule has 1 aliphatic carbocycles. The van der Waals surface area contributed by atoms with E-state index >= 15 is 0 Å². The van der Waals surface area contributed by atoms with Crippen LogP contribution in [0.4, 0.5) is 0 Å². The van der Waals surface area contributed by atoms with E-state index in [1.807, 2.05) is 24.3 Å². The van der Waals surface area contributed by atoms with Crippen molar-refractivity contribution in [2.75, 3.05) is 0 Å². The molecule has 65 valence electrons. The molecule has 0 bridgehead atoms. The van der Waals surface area contributed by atoms with Crippen LogP contribution in [-0.2, 0) is 39.1 Å². The Balaban J connectivity index is 0.000000750. The molecule has 0 spiro atoms. The fourth-order valence-electron chi connectivity index (χ4n) is 1.91. The summed E-state index contributed by atoms with van der Waals surface area (Å²) in [5.74, 6) is 0. The smallest absolute Gasteiger partial charge is 0 e. The van der Waals surface area contributed by atoms with Gasteiger partial charge in [-0.05, 0) is 0 Å². The molecule has 1 heteroatoms. The SMILES string of the molecule is [Y].[c-]1cccc2c1-c1[c-]cccc1C2. The number of benzene rings is 2. The molecule has 0 amide bonds. The van der Waals surface area contributed by atoms with Crippen LogP contribution < -0.4 is 0 Å². The van der Waals surface area contributed by atoms with Gasteiger partial charge in [0.25, 0.3) is 0 Å². The van der Waals surface area contributed by atoms with Crippen LogP contribution in [0.5, 0.6) is 0 Å². The molecule has 0 nitrogen and oxygen atoms in total. The summed E-state index contributed by atoms with van der Waals surface area (Å²) in [4.78, 5) is 0. The van der Waals surface area contributed by atoms with Crippen molar-refractivity contribution in [3.8, 4) is 11.1 Å². The zero-order valence-corrected chi connectivity index (χ0v) is 10.6. The fraction of sp³-hybridized carbons (Fsp3) is 0.0769. The third-order valence-corrected chi connectivity index (χ3v) is 2.52. The first-order valence-electron chi connectivity index (χ1n) is 4.45. The predicted octanol–water partition coefficient (Wildman–Crippen LogP) is 2.86. The summed E-state index contributed by atoms with van der Waals surface area (Å²) >= 11 is 0. The van der Waals surface area contributed by atoms with Crippen molar-refractivity contribution in [1.82, 2.24) is 0 Å². The molecule has 0 aliphatic heterocycles. The van der Waals surface area contributed by atoms with Gasteiger partial charge in [-0.25, -0.2) is 11.1 Å². The minimum Gasteiger partial charge on any atom is -0.223 e. The summed E-state index contributed by atoms with van der Waals surface area (Å²) in [6, 6.07) is 18.9. The summed E-state index contributed by atoms with van der Waals surface area (Å²) < 4.78 is 0. The molecule has 2 aromatic carbocycles. The zero-order chi connectivity index (χ0) is 8.67. The average molecular weight is 253 g/mol. The van der Waals surface area contributed by atoms with E-state index in [-0.39, 0.29) is 32.7 Å². The first-order chi connectivity index (χ1) is 6.45. The van der Waals surface area contributed by atoms with Crippen molar-refractivity contribution in [1.29, 1.82) is 0 Å². The molecule has 0 aromatic heterocycles. The minimum atomic E-state index is 0. The van der Waals surface area contributed by atoms with Gasteiger partial charge in [-0.1, -0.05) is 6.42 Å². The zero-order valence-electron chi connectivity index (χ0n) is 7.75. The Labute approximate surface area is 109 Å². The summed E-state index contributed by atoms with van der Waals surface area (Å²) in [6.45, 7) is 0. The molecule has 0 heterocycles. The maximum atomic E-state index is 3.27. The Morgan fingerprint density at radius 3 is 1.86 bits per heavy atom. The van der Waals surface area contributed by atoms with Crippen molar-refractivity contribution < 1.29 is 32.7 Å². The Kier molecular flexibility index (Phi) is 2.85. The van der Waals surface area contributed by atoms with E-state index in [1.165, 1.54) is 22.3 Å². The molecule has 0 saturated carbocycles. The standard InChI is InChI=1S/C13H8.Y/c1-3-7-12-10(5-1)9-11-6-2-4-8-13(11)12;/h1-6H,9H2;/q-2;. The summed E-state index contributed by atoms with van der Waals surface area (Å²) in [5.41, 5.74) is 5.22. The number of rotatable bonds is 0. The van der Waals surface area contributed by atoms with Gasteiger partial charge in [0.2, 0.25) is 0 Å². The largest absolute Gasteiger partial charge is 0.223 e. The van der Waals surface area contributed by atoms with Gasteiger partial charge >= 0.3 is 0 Å². The van der Waals surface area contributed by atoms with E-state index in [9.17, 15) is 0 Å². The molecular weight excluding hydrogens is 245 g/mol. The van der Waals surface area contributed by atoms with Gasteiger partial charge in [0.1, 0.15) is 0 Å². The van der Waals surface area contributed by atoms with E-state index in [0.717, 1.165) is 6.42 Å². The van der Waals surface area contributed by atoms with Crippen LogP contribution in [0.15, 0.2) is 36.4 Å². The second-order valence-electron chi connectivity index (χ2n) is 3.32. The monoisotopic (exact) mass is 253 g/mol. The number of hydrogen-bond acceptors (Lipinski definition) is 0. The second kappa shape index (κ2) is 3.96. The summed E-state index contributed by atoms with van der Waals surface area (Å²) in [5, 5.41) is 0. The molecule has 0 atom stereocenters. The Bertz CT molecular complexity index is 417. The third-order valence-electron chi connectivity index (χ3n) is 2.52. The summed E-state index contributed by atoms with van der Waals surface area (Å²) in [6.07, 6.45) is 1.04. The molecule has 3 rings (SSSR count). The number of hydrogen-bond donors (Lipinski definition) is 0. The molecule has 0 unspecified atom stereocenters. The fourth-order valence-corrected chi connectivity index (χ4v) is 1.91. The van der Waals surface area contributed by atoms with Crippen LogP contribution >= 0.6 is 0 Å². The van der Waals surface area contributed by atoms with E-state index in [2.05, 4.69) is 24.3 Å². The van der Waals surface area contributed by atoms with Crippen LogP contribution in [-0.4, -0.2) is 0 Å². The van der Waals surface area contributed by atoms with Gasteiger partial charge in [-0.15, -0.1) is 12.1 Å². The van der Waals surface area contributed by atoms with E-state index in [4.69, 9.17) is 0 Å². The topological polar surface area (TPSA) is 0 Å². The third kappa shape index (κ3) is 1.47. The van der Waals surface area contributed by atoms with Gasteiger partial charge in [-0.3, -0.25) is 0 Å². The maximum absolute atomic E-state index is 3.27. The first kappa shape index (κ1) is 10.1. The van der Waals surface area contributed by atoms with Crippen LogP contribution in [0.2, 0.25) is 0 Å². The second-order valence-corrected chi connectivity index (χ2v) is 3.32. The Hall–Kier alpha value is -0.456. The molecule has 0 N–H and O–H groups in total. The predicted molar refractivity (Wildman–Crippen MR) is 52.4 cm³/mol. The Morgan fingerprint density at radius 1 is 0.857 bits per heavy atom. The van der Waals surface area contributed by atoms with Crippen molar-refractivity contribution >= 4 is 0 Å². The van der Waals surface area contributed by atoms with Crippen molar-refractivity contribution in [2.45, 2.75) is 6.42 Å². The van der Waals surface area contributed by atoms with E-state index in [0.29, 0.717) is 0 Å². The average Bonchev–Trinajstić information content (AvgIpc) is 2.56. The molecular formula is C13H8Y-2. The van der Waals surface area contributed by atoms with Crippen LogP contribution in [0.1, 0.15) is 11.1 Å². The van der Waals surface area contributed by atoms with Crippen molar-refractivity contribution in [2.24, 2.45) is 0 Å². The van der Waals surface area contributed by atoms with Crippen molar-refractivity contribution in [3.63, 3.8) is 0 Å². The molecule has 14 heavy (non-hydrogen) atoms. The Morgan fingerprint density at radius 2 is 1.36 bits per heavy atom. The van der Waals surface area contributed by atoms with Gasteiger partial charge < -0.3 is 0 Å². The van der Waals surface area contributed by atoms with Crippen LogP contribution in [0.25, 0.3) is 11.1 Å². The van der Waals surface area contributed by atoms with Crippen LogP contribution in [0, 0.1) is 12.1 Å².